The van der Waals surface area contributed by atoms with Crippen molar-refractivity contribution in [3.8, 4) is 0 Å². The highest BCUT2D eigenvalue weighted by atomic mass is 35.5. The number of nitrogens with zero attached hydrogens (tertiary/aromatic N) is 4. The SMILES string of the molecule is Cc1ccc(S(=O)(=O)NC(=O)c2cc(C=NNc3ccc(Cl)nn3)n(C)c2)cc1. The number of carbonyl (C=O) groups is 1. The molecule has 0 aliphatic rings. The molecule has 3 aromatic rings. The zero-order valence-electron chi connectivity index (χ0n) is 15.5. The maximum atomic E-state index is 12.4. The van der Waals surface area contributed by atoms with Crippen LogP contribution < -0.4 is 10.1 Å². The number of nitrogens with one attached hydrogen (secondary N) is 2. The average Bonchev–Trinajstić information content (AvgIpc) is 3.04. The molecule has 2 N–H and O–H groups in total. The lowest BCUT2D eigenvalue weighted by atomic mass is 10.2. The van der Waals surface area contributed by atoms with Gasteiger partial charge in [0.25, 0.3) is 15.9 Å². The van der Waals surface area contributed by atoms with Gasteiger partial charge in [-0.3, -0.25) is 10.2 Å². The monoisotopic (exact) mass is 432 g/mol. The van der Waals surface area contributed by atoms with Crippen LogP contribution >= 0.6 is 11.6 Å². The molecule has 0 aliphatic carbocycles. The van der Waals surface area contributed by atoms with E-state index in [0.717, 1.165) is 5.56 Å². The molecule has 0 bridgehead atoms. The minimum absolute atomic E-state index is 0.0161. The third kappa shape index (κ3) is 5.18. The Kier molecular flexibility index (Phi) is 5.95. The average molecular weight is 433 g/mol. The molecule has 0 saturated carbocycles. The smallest absolute Gasteiger partial charge is 0.266 e. The summed E-state index contributed by atoms with van der Waals surface area (Å²) in [6.07, 6.45) is 2.96. The number of hydrogen-bond acceptors (Lipinski definition) is 7. The van der Waals surface area contributed by atoms with Gasteiger partial charge in [-0.05, 0) is 37.3 Å². The predicted octanol–water partition coefficient (Wildman–Crippen LogP) is 2.34. The Bertz CT molecular complexity index is 1160. The molecule has 0 spiro atoms. The predicted molar refractivity (Wildman–Crippen MR) is 110 cm³/mol. The van der Waals surface area contributed by atoms with Crippen LogP contribution in [0.25, 0.3) is 0 Å². The number of carbonyl (C=O) groups excluding carboxylic acids is 1. The van der Waals surface area contributed by atoms with Crippen molar-refractivity contribution >= 4 is 39.6 Å². The zero-order valence-corrected chi connectivity index (χ0v) is 17.1. The summed E-state index contributed by atoms with van der Waals surface area (Å²) in [6.45, 7) is 1.84. The van der Waals surface area contributed by atoms with E-state index < -0.39 is 15.9 Å². The summed E-state index contributed by atoms with van der Waals surface area (Å²) >= 11 is 5.66. The largest absolute Gasteiger partial charge is 0.349 e. The van der Waals surface area contributed by atoms with Crippen molar-refractivity contribution in [2.24, 2.45) is 12.1 Å². The molecule has 11 heteroatoms. The Morgan fingerprint density at radius 3 is 2.55 bits per heavy atom. The summed E-state index contributed by atoms with van der Waals surface area (Å²) in [5.41, 5.74) is 4.34. The number of hydrogen-bond donors (Lipinski definition) is 2. The number of sulfonamides is 1. The van der Waals surface area contributed by atoms with Gasteiger partial charge in [0.05, 0.1) is 22.4 Å². The molecule has 0 unspecified atom stereocenters. The molecule has 150 valence electrons. The molecule has 9 nitrogen and oxygen atoms in total. The highest BCUT2D eigenvalue weighted by Crippen LogP contribution is 2.12. The van der Waals surface area contributed by atoms with E-state index in [2.05, 4.69) is 25.4 Å². The van der Waals surface area contributed by atoms with E-state index in [4.69, 9.17) is 11.6 Å². The Morgan fingerprint density at radius 2 is 1.90 bits per heavy atom. The first-order chi connectivity index (χ1) is 13.7. The summed E-state index contributed by atoms with van der Waals surface area (Å²) in [4.78, 5) is 12.4. The van der Waals surface area contributed by atoms with Gasteiger partial charge in [-0.15, -0.1) is 10.2 Å². The molecule has 29 heavy (non-hydrogen) atoms. The molecule has 0 radical (unpaired) electrons. The highest BCUT2D eigenvalue weighted by Gasteiger charge is 2.19. The lowest BCUT2D eigenvalue weighted by Crippen LogP contribution is -2.30. The number of aryl methyl sites for hydroxylation is 2. The molecule has 1 amide bonds. The first-order valence-corrected chi connectivity index (χ1v) is 10.2. The second-order valence-corrected chi connectivity index (χ2v) is 8.19. The van der Waals surface area contributed by atoms with Gasteiger partial charge in [0, 0.05) is 13.2 Å². The van der Waals surface area contributed by atoms with Gasteiger partial charge in [-0.1, -0.05) is 29.3 Å². The van der Waals surface area contributed by atoms with Gasteiger partial charge in [0.15, 0.2) is 11.0 Å². The molecular weight excluding hydrogens is 416 g/mol. The second kappa shape index (κ2) is 8.41. The van der Waals surface area contributed by atoms with Crippen molar-refractivity contribution < 1.29 is 13.2 Å². The Hall–Kier alpha value is -3.24. The van der Waals surface area contributed by atoms with Crippen molar-refractivity contribution in [3.05, 3.63) is 70.6 Å². The second-order valence-electron chi connectivity index (χ2n) is 6.12. The summed E-state index contributed by atoms with van der Waals surface area (Å²) < 4.78 is 28.4. The van der Waals surface area contributed by atoms with Crippen molar-refractivity contribution in [1.29, 1.82) is 0 Å². The molecular formula is C18H17ClN6O3S. The number of amides is 1. The lowest BCUT2D eigenvalue weighted by Gasteiger charge is -2.06. The van der Waals surface area contributed by atoms with Gasteiger partial charge in [0.2, 0.25) is 0 Å². The topological polar surface area (TPSA) is 118 Å². The number of rotatable bonds is 6. The summed E-state index contributed by atoms with van der Waals surface area (Å²) in [5, 5.41) is 11.7. The fourth-order valence-corrected chi connectivity index (χ4v) is 3.41. The van der Waals surface area contributed by atoms with E-state index in [1.165, 1.54) is 30.6 Å². The highest BCUT2D eigenvalue weighted by molar-refractivity contribution is 7.90. The number of benzene rings is 1. The maximum absolute atomic E-state index is 12.4. The van der Waals surface area contributed by atoms with Crippen LogP contribution in [0.15, 0.2) is 58.7 Å². The summed E-state index contributed by atoms with van der Waals surface area (Å²) in [6, 6.07) is 10.9. The van der Waals surface area contributed by atoms with Gasteiger partial charge in [-0.25, -0.2) is 13.1 Å². The van der Waals surface area contributed by atoms with Crippen molar-refractivity contribution in [3.63, 3.8) is 0 Å². The zero-order chi connectivity index (χ0) is 21.0. The lowest BCUT2D eigenvalue weighted by molar-refractivity contribution is 0.0981. The number of hydrazone groups is 1. The molecule has 2 heterocycles. The molecule has 0 saturated heterocycles. The van der Waals surface area contributed by atoms with Gasteiger partial charge < -0.3 is 4.57 Å². The molecule has 0 aliphatic heterocycles. The standard InChI is InChI=1S/C18H17ClN6O3S/c1-12-3-5-15(6-4-12)29(27,28)24-18(26)13-9-14(25(2)11-13)10-20-22-17-8-7-16(19)21-23-17/h3-11H,1-2H3,(H,22,23)(H,24,26). The van der Waals surface area contributed by atoms with Crippen LogP contribution in [0, 0.1) is 6.92 Å². The van der Waals surface area contributed by atoms with Crippen LogP contribution in [0.1, 0.15) is 21.6 Å². The van der Waals surface area contributed by atoms with E-state index >= 15 is 0 Å². The number of anilines is 1. The molecule has 1 aromatic carbocycles. The van der Waals surface area contributed by atoms with E-state index in [1.54, 1.807) is 35.9 Å². The van der Waals surface area contributed by atoms with Crippen LogP contribution in [0.4, 0.5) is 5.82 Å². The number of halogens is 1. The van der Waals surface area contributed by atoms with Gasteiger partial charge in [-0.2, -0.15) is 5.10 Å². The Balaban J connectivity index is 1.70. The molecule has 0 atom stereocenters. The van der Waals surface area contributed by atoms with E-state index in [-0.39, 0.29) is 15.6 Å². The maximum Gasteiger partial charge on any atom is 0.266 e. The Labute approximate surface area is 172 Å². The van der Waals surface area contributed by atoms with Crippen LogP contribution in [0.2, 0.25) is 5.15 Å². The fourth-order valence-electron chi connectivity index (χ4n) is 2.33. The third-order valence-electron chi connectivity index (χ3n) is 3.87. The van der Waals surface area contributed by atoms with Gasteiger partial charge in [0.1, 0.15) is 0 Å². The molecule has 0 fully saturated rings. The minimum atomic E-state index is -3.97. The van der Waals surface area contributed by atoms with Crippen LogP contribution in [0.5, 0.6) is 0 Å². The Morgan fingerprint density at radius 1 is 1.17 bits per heavy atom. The van der Waals surface area contributed by atoms with Crippen LogP contribution in [-0.2, 0) is 17.1 Å². The van der Waals surface area contributed by atoms with Gasteiger partial charge >= 0.3 is 0 Å². The third-order valence-corrected chi connectivity index (χ3v) is 5.42. The molecule has 3 rings (SSSR count). The number of aromatic nitrogens is 3. The first kappa shape index (κ1) is 20.5. The quantitative estimate of drug-likeness (QED) is 0.456. The van der Waals surface area contributed by atoms with Crippen LogP contribution in [0.3, 0.4) is 0 Å². The van der Waals surface area contributed by atoms with E-state index in [1.807, 2.05) is 6.92 Å². The normalized spacial score (nSPS) is 11.6. The van der Waals surface area contributed by atoms with Crippen molar-refractivity contribution in [2.75, 3.05) is 5.43 Å². The van der Waals surface area contributed by atoms with E-state index in [0.29, 0.717) is 11.5 Å². The first-order valence-electron chi connectivity index (χ1n) is 8.33. The van der Waals surface area contributed by atoms with Crippen molar-refractivity contribution in [1.82, 2.24) is 19.5 Å². The van der Waals surface area contributed by atoms with Crippen LogP contribution in [-0.4, -0.2) is 35.3 Å². The molecule has 2 aromatic heterocycles. The summed E-state index contributed by atoms with van der Waals surface area (Å²) in [7, 11) is -2.26. The summed E-state index contributed by atoms with van der Waals surface area (Å²) in [5.74, 6) is -0.348. The minimum Gasteiger partial charge on any atom is -0.349 e. The van der Waals surface area contributed by atoms with E-state index in [9.17, 15) is 13.2 Å². The van der Waals surface area contributed by atoms with Crippen molar-refractivity contribution in [2.45, 2.75) is 11.8 Å². The fraction of sp³-hybridized carbons (Fsp3) is 0.111.